The van der Waals surface area contributed by atoms with Gasteiger partial charge in [0.25, 0.3) is 0 Å². The molecule has 0 N–H and O–H groups in total. The van der Waals surface area contributed by atoms with Gasteiger partial charge in [0.15, 0.2) is 6.29 Å². The van der Waals surface area contributed by atoms with E-state index >= 15 is 0 Å². The smallest absolute Gasteiger partial charge is 0.157 e. The minimum atomic E-state index is -0.673. The number of ether oxygens (including phenoxy) is 2. The first-order valence-electron chi connectivity index (χ1n) is 13.8. The summed E-state index contributed by atoms with van der Waals surface area (Å²) in [4.78, 5) is 0. The fraction of sp³-hybridized carbons (Fsp3) is 0.929. The van der Waals surface area contributed by atoms with Gasteiger partial charge in [0, 0.05) is 11.8 Å². The zero-order valence-corrected chi connectivity index (χ0v) is 20.3. The van der Waals surface area contributed by atoms with Gasteiger partial charge in [0.1, 0.15) is 12.5 Å². The highest BCUT2D eigenvalue weighted by atomic mass is 19.1. The molecule has 3 saturated carbocycles. The molecule has 1 saturated heterocycles. The third-order valence-corrected chi connectivity index (χ3v) is 9.52. The predicted octanol–water partition coefficient (Wildman–Crippen LogP) is 8.02. The van der Waals surface area contributed by atoms with Crippen molar-refractivity contribution in [3.8, 4) is 0 Å². The van der Waals surface area contributed by atoms with Crippen LogP contribution in [0.1, 0.15) is 96.8 Å². The molecule has 0 unspecified atom stereocenters. The lowest BCUT2D eigenvalue weighted by atomic mass is 9.68. The quantitative estimate of drug-likeness (QED) is 0.389. The fourth-order valence-corrected chi connectivity index (χ4v) is 7.18. The lowest BCUT2D eigenvalue weighted by Crippen LogP contribution is -2.37. The summed E-state index contributed by atoms with van der Waals surface area (Å²) in [7, 11) is 0. The molecule has 4 aliphatic rings. The Labute approximate surface area is 194 Å². The van der Waals surface area contributed by atoms with Gasteiger partial charge in [-0.05, 0) is 99.9 Å². The van der Waals surface area contributed by atoms with Crippen LogP contribution in [-0.2, 0) is 9.47 Å². The Balaban J connectivity index is 1.09. The van der Waals surface area contributed by atoms with Gasteiger partial charge in [0.2, 0.25) is 0 Å². The van der Waals surface area contributed by atoms with Crippen LogP contribution in [0, 0.1) is 41.4 Å². The van der Waals surface area contributed by atoms with Gasteiger partial charge in [-0.3, -0.25) is 0 Å². The summed E-state index contributed by atoms with van der Waals surface area (Å²) < 4.78 is 38.5. The van der Waals surface area contributed by atoms with E-state index in [1.165, 1.54) is 57.8 Å². The Bertz CT molecular complexity index is 562. The maximum atomic E-state index is 13.9. The molecule has 4 fully saturated rings. The molecule has 0 amide bonds. The minimum absolute atomic E-state index is 0.0184. The molecular formula is C28H46F2O2. The fourth-order valence-electron chi connectivity index (χ4n) is 7.18. The van der Waals surface area contributed by atoms with E-state index in [2.05, 4.69) is 6.92 Å². The van der Waals surface area contributed by atoms with E-state index in [0.717, 1.165) is 81.0 Å². The summed E-state index contributed by atoms with van der Waals surface area (Å²) in [6.45, 7) is 3.52. The monoisotopic (exact) mass is 452 g/mol. The molecule has 4 rings (SSSR count). The maximum absolute atomic E-state index is 13.9. The molecule has 0 aromatic heterocycles. The molecule has 184 valence electrons. The van der Waals surface area contributed by atoms with Gasteiger partial charge >= 0.3 is 0 Å². The Morgan fingerprint density at radius 2 is 1.25 bits per heavy atom. The molecule has 0 aromatic rings. The summed E-state index contributed by atoms with van der Waals surface area (Å²) >= 11 is 0. The SMILES string of the molecule is CC1CCC(C2COC(CCC3CCC(C4CCC(/C(F)=C/CF)CC4)CC3)OC2)CC1. The van der Waals surface area contributed by atoms with Crippen molar-refractivity contribution in [3.05, 3.63) is 11.9 Å². The van der Waals surface area contributed by atoms with Crippen molar-refractivity contribution in [1.82, 2.24) is 0 Å². The molecule has 0 atom stereocenters. The zero-order valence-electron chi connectivity index (χ0n) is 20.3. The second kappa shape index (κ2) is 12.3. The van der Waals surface area contributed by atoms with Crippen LogP contribution < -0.4 is 0 Å². The van der Waals surface area contributed by atoms with E-state index < -0.39 is 6.67 Å². The van der Waals surface area contributed by atoms with Crippen molar-refractivity contribution < 1.29 is 18.3 Å². The summed E-state index contributed by atoms with van der Waals surface area (Å²) in [6, 6.07) is 0. The van der Waals surface area contributed by atoms with E-state index in [9.17, 15) is 8.78 Å². The number of halogens is 2. The van der Waals surface area contributed by atoms with Crippen molar-refractivity contribution >= 4 is 0 Å². The Morgan fingerprint density at radius 3 is 1.84 bits per heavy atom. The van der Waals surface area contributed by atoms with Gasteiger partial charge in [-0.2, -0.15) is 0 Å². The standard InChI is InChI=1S/C28H46F2O2/c1-20-2-7-24(8-3-20)26-18-31-28(32-19-26)15-6-21-4-9-22(10-5-21)23-11-13-25(14-12-23)27(30)16-17-29/h16,20-26,28H,2-15,17-19H2,1H3/b27-16-. The normalized spacial score (nSPS) is 42.0. The highest BCUT2D eigenvalue weighted by Crippen LogP contribution is 2.44. The highest BCUT2D eigenvalue weighted by molar-refractivity contribution is 5.00. The van der Waals surface area contributed by atoms with Gasteiger partial charge in [0.05, 0.1) is 13.2 Å². The van der Waals surface area contributed by atoms with Crippen molar-refractivity contribution in [2.24, 2.45) is 41.4 Å². The van der Waals surface area contributed by atoms with E-state index in [0.29, 0.717) is 5.92 Å². The first-order valence-corrected chi connectivity index (χ1v) is 13.8. The van der Waals surface area contributed by atoms with Crippen LogP contribution in [0.3, 0.4) is 0 Å². The molecular weight excluding hydrogens is 406 g/mol. The molecule has 4 heteroatoms. The number of hydrogen-bond donors (Lipinski definition) is 0. The minimum Gasteiger partial charge on any atom is -0.352 e. The number of hydrogen-bond acceptors (Lipinski definition) is 2. The molecule has 0 radical (unpaired) electrons. The first-order chi connectivity index (χ1) is 15.6. The topological polar surface area (TPSA) is 18.5 Å². The molecule has 3 aliphatic carbocycles. The molecule has 1 heterocycles. The van der Waals surface area contributed by atoms with Crippen molar-refractivity contribution in [3.63, 3.8) is 0 Å². The molecule has 1 aliphatic heterocycles. The van der Waals surface area contributed by atoms with Gasteiger partial charge in [-0.25, -0.2) is 8.78 Å². The first kappa shape index (κ1) is 24.6. The van der Waals surface area contributed by atoms with Crippen molar-refractivity contribution in [2.75, 3.05) is 19.9 Å². The van der Waals surface area contributed by atoms with Crippen LogP contribution in [0.2, 0.25) is 0 Å². The summed E-state index contributed by atoms with van der Waals surface area (Å²) in [5.74, 6) is 4.51. The average Bonchev–Trinajstić information content (AvgIpc) is 2.84. The lowest BCUT2D eigenvalue weighted by Gasteiger charge is -2.39. The highest BCUT2D eigenvalue weighted by Gasteiger charge is 2.34. The van der Waals surface area contributed by atoms with Crippen LogP contribution >= 0.6 is 0 Å². The third kappa shape index (κ3) is 6.78. The Hall–Kier alpha value is -0.480. The number of allylic oxidation sites excluding steroid dienone is 2. The van der Waals surface area contributed by atoms with Crippen LogP contribution in [0.4, 0.5) is 8.78 Å². The van der Waals surface area contributed by atoms with Crippen molar-refractivity contribution in [2.45, 2.75) is 103 Å². The molecule has 2 nitrogen and oxygen atoms in total. The molecule has 0 spiro atoms. The third-order valence-electron chi connectivity index (χ3n) is 9.52. The Morgan fingerprint density at radius 1 is 0.719 bits per heavy atom. The van der Waals surface area contributed by atoms with E-state index in [1.807, 2.05) is 0 Å². The van der Waals surface area contributed by atoms with Crippen LogP contribution in [0.25, 0.3) is 0 Å². The largest absolute Gasteiger partial charge is 0.352 e. The number of rotatable bonds is 7. The molecule has 0 aromatic carbocycles. The lowest BCUT2D eigenvalue weighted by molar-refractivity contribution is -0.213. The summed E-state index contributed by atoms with van der Waals surface area (Å²) in [5.41, 5.74) is 0. The maximum Gasteiger partial charge on any atom is 0.157 e. The zero-order chi connectivity index (χ0) is 22.3. The molecule has 0 bridgehead atoms. The Kier molecular flexibility index (Phi) is 9.46. The van der Waals surface area contributed by atoms with E-state index in [-0.39, 0.29) is 18.0 Å². The van der Waals surface area contributed by atoms with E-state index in [4.69, 9.17) is 9.47 Å². The predicted molar refractivity (Wildman–Crippen MR) is 126 cm³/mol. The van der Waals surface area contributed by atoms with Crippen LogP contribution in [0.15, 0.2) is 11.9 Å². The van der Waals surface area contributed by atoms with Gasteiger partial charge < -0.3 is 9.47 Å². The van der Waals surface area contributed by atoms with Crippen LogP contribution in [0.5, 0.6) is 0 Å². The van der Waals surface area contributed by atoms with Gasteiger partial charge in [-0.1, -0.05) is 32.6 Å². The van der Waals surface area contributed by atoms with Crippen LogP contribution in [-0.4, -0.2) is 26.2 Å². The second-order valence-corrected chi connectivity index (χ2v) is 11.6. The number of alkyl halides is 1. The average molecular weight is 453 g/mol. The second-order valence-electron chi connectivity index (χ2n) is 11.6. The molecule has 32 heavy (non-hydrogen) atoms. The van der Waals surface area contributed by atoms with Gasteiger partial charge in [-0.15, -0.1) is 0 Å². The summed E-state index contributed by atoms with van der Waals surface area (Å²) in [5, 5.41) is 0. The summed E-state index contributed by atoms with van der Waals surface area (Å²) in [6.07, 6.45) is 18.3. The van der Waals surface area contributed by atoms with E-state index in [1.54, 1.807) is 0 Å². The van der Waals surface area contributed by atoms with Crippen molar-refractivity contribution in [1.29, 1.82) is 0 Å².